The van der Waals surface area contributed by atoms with Crippen molar-refractivity contribution in [1.29, 1.82) is 0 Å². The first-order chi connectivity index (χ1) is 11.7. The molecule has 1 saturated heterocycles. The van der Waals surface area contributed by atoms with E-state index in [1.54, 1.807) is 6.92 Å². The maximum Gasteiger partial charge on any atom is 0.333 e. The second kappa shape index (κ2) is 14.4. The first-order valence-corrected chi connectivity index (χ1v) is 8.58. The van der Waals surface area contributed by atoms with Crippen molar-refractivity contribution in [3.63, 3.8) is 0 Å². The van der Waals surface area contributed by atoms with Crippen molar-refractivity contribution in [2.75, 3.05) is 65.9 Å². The maximum atomic E-state index is 11.1. The predicted molar refractivity (Wildman–Crippen MR) is 90.1 cm³/mol. The third-order valence-corrected chi connectivity index (χ3v) is 3.42. The van der Waals surface area contributed by atoms with E-state index in [0.29, 0.717) is 57.9 Å². The lowest BCUT2D eigenvalue weighted by atomic mass is 10.1. The van der Waals surface area contributed by atoms with Crippen LogP contribution in [-0.4, -0.2) is 78.0 Å². The van der Waals surface area contributed by atoms with Gasteiger partial charge in [0.2, 0.25) is 0 Å². The van der Waals surface area contributed by atoms with Gasteiger partial charge in [0.1, 0.15) is 6.61 Å². The van der Waals surface area contributed by atoms with Crippen LogP contribution in [0.25, 0.3) is 0 Å². The Morgan fingerprint density at radius 1 is 0.917 bits per heavy atom. The molecule has 0 aromatic carbocycles. The van der Waals surface area contributed by atoms with Crippen molar-refractivity contribution in [3.05, 3.63) is 12.2 Å². The molecule has 0 bridgehead atoms. The SMILES string of the molecule is C=C(C)C(=O)OCCOCCOCCOCCOC1CCNCC1. The van der Waals surface area contributed by atoms with Gasteiger partial charge in [0.05, 0.1) is 52.4 Å². The highest BCUT2D eigenvalue weighted by Crippen LogP contribution is 2.06. The van der Waals surface area contributed by atoms with Crippen LogP contribution in [0.2, 0.25) is 0 Å². The van der Waals surface area contributed by atoms with Crippen LogP contribution in [0.4, 0.5) is 0 Å². The lowest BCUT2D eigenvalue weighted by Gasteiger charge is -2.22. The van der Waals surface area contributed by atoms with Crippen LogP contribution in [0, 0.1) is 0 Å². The van der Waals surface area contributed by atoms with E-state index in [4.69, 9.17) is 23.7 Å². The van der Waals surface area contributed by atoms with Gasteiger partial charge in [-0.15, -0.1) is 0 Å². The zero-order valence-corrected chi connectivity index (χ0v) is 14.7. The van der Waals surface area contributed by atoms with Gasteiger partial charge in [-0.05, 0) is 32.9 Å². The summed E-state index contributed by atoms with van der Waals surface area (Å²) in [6.45, 7) is 11.0. The van der Waals surface area contributed by atoms with E-state index in [1.165, 1.54) is 0 Å². The highest BCUT2D eigenvalue weighted by Gasteiger charge is 2.12. The Morgan fingerprint density at radius 3 is 1.96 bits per heavy atom. The van der Waals surface area contributed by atoms with Crippen molar-refractivity contribution in [2.24, 2.45) is 0 Å². The molecule has 0 amide bonds. The minimum absolute atomic E-state index is 0.228. The van der Waals surface area contributed by atoms with Gasteiger partial charge in [-0.25, -0.2) is 4.79 Å². The van der Waals surface area contributed by atoms with Gasteiger partial charge < -0.3 is 29.0 Å². The highest BCUT2D eigenvalue weighted by molar-refractivity contribution is 5.86. The molecular weight excluding hydrogens is 314 g/mol. The molecule has 1 fully saturated rings. The number of hydrogen-bond donors (Lipinski definition) is 1. The molecule has 0 aromatic rings. The van der Waals surface area contributed by atoms with Gasteiger partial charge >= 0.3 is 5.97 Å². The van der Waals surface area contributed by atoms with Gasteiger partial charge in [0.25, 0.3) is 0 Å². The van der Waals surface area contributed by atoms with E-state index >= 15 is 0 Å². The minimum Gasteiger partial charge on any atom is -0.460 e. The lowest BCUT2D eigenvalue weighted by Crippen LogP contribution is -2.33. The summed E-state index contributed by atoms with van der Waals surface area (Å²) in [6, 6.07) is 0. The van der Waals surface area contributed by atoms with Crippen LogP contribution in [0.1, 0.15) is 19.8 Å². The van der Waals surface area contributed by atoms with Crippen LogP contribution in [0.3, 0.4) is 0 Å². The van der Waals surface area contributed by atoms with E-state index < -0.39 is 5.97 Å². The maximum absolute atomic E-state index is 11.1. The quantitative estimate of drug-likeness (QED) is 0.285. The number of esters is 1. The molecule has 0 saturated carbocycles. The molecule has 0 unspecified atom stereocenters. The zero-order valence-electron chi connectivity index (χ0n) is 14.7. The molecule has 7 nitrogen and oxygen atoms in total. The van der Waals surface area contributed by atoms with Gasteiger partial charge in [-0.2, -0.15) is 0 Å². The molecule has 1 heterocycles. The molecule has 1 aliphatic rings. The number of piperidine rings is 1. The molecule has 0 atom stereocenters. The number of nitrogens with one attached hydrogen (secondary N) is 1. The standard InChI is InChI=1S/C17H31NO6/c1-15(2)17(19)24-14-12-22-10-8-20-7-9-21-11-13-23-16-3-5-18-6-4-16/h16,18H,1,3-14H2,2H3. The summed E-state index contributed by atoms with van der Waals surface area (Å²) in [5, 5.41) is 3.31. The molecular formula is C17H31NO6. The van der Waals surface area contributed by atoms with Crippen molar-refractivity contribution in [3.8, 4) is 0 Å². The van der Waals surface area contributed by atoms with E-state index in [1.807, 2.05) is 0 Å². The normalized spacial score (nSPS) is 15.4. The average Bonchev–Trinajstić information content (AvgIpc) is 2.59. The number of carbonyl (C=O) groups is 1. The van der Waals surface area contributed by atoms with Crippen LogP contribution < -0.4 is 5.32 Å². The van der Waals surface area contributed by atoms with Crippen molar-refractivity contribution in [2.45, 2.75) is 25.9 Å². The Hall–Kier alpha value is -0.990. The van der Waals surface area contributed by atoms with Crippen LogP contribution in [0.5, 0.6) is 0 Å². The summed E-state index contributed by atoms with van der Waals surface area (Å²) in [5.74, 6) is -0.392. The van der Waals surface area contributed by atoms with Crippen molar-refractivity contribution < 1.29 is 28.5 Å². The fourth-order valence-electron chi connectivity index (χ4n) is 2.09. The highest BCUT2D eigenvalue weighted by atomic mass is 16.6. The first kappa shape index (κ1) is 21.1. The summed E-state index contributed by atoms with van der Waals surface area (Å²) in [6.07, 6.45) is 2.53. The Balaban J connectivity index is 1.73. The topological polar surface area (TPSA) is 75.3 Å². The Morgan fingerprint density at radius 2 is 1.42 bits per heavy atom. The van der Waals surface area contributed by atoms with E-state index in [9.17, 15) is 4.79 Å². The third-order valence-electron chi connectivity index (χ3n) is 3.42. The Bertz CT molecular complexity index is 344. The molecule has 1 N–H and O–H groups in total. The van der Waals surface area contributed by atoms with E-state index in [2.05, 4.69) is 11.9 Å². The average molecular weight is 345 g/mol. The fraction of sp³-hybridized carbons (Fsp3) is 0.824. The van der Waals surface area contributed by atoms with Gasteiger partial charge in [0, 0.05) is 5.57 Å². The summed E-state index contributed by atoms with van der Waals surface area (Å²) >= 11 is 0. The van der Waals surface area contributed by atoms with Crippen molar-refractivity contribution >= 4 is 5.97 Å². The largest absolute Gasteiger partial charge is 0.460 e. The number of rotatable bonds is 14. The van der Waals surface area contributed by atoms with Gasteiger partial charge in [0.15, 0.2) is 0 Å². The molecule has 24 heavy (non-hydrogen) atoms. The summed E-state index contributed by atoms with van der Waals surface area (Å²) in [7, 11) is 0. The molecule has 0 aromatic heterocycles. The smallest absolute Gasteiger partial charge is 0.333 e. The number of ether oxygens (including phenoxy) is 5. The summed E-state index contributed by atoms with van der Waals surface area (Å²) in [5.41, 5.74) is 0.388. The molecule has 7 heteroatoms. The molecule has 0 spiro atoms. The van der Waals surface area contributed by atoms with Crippen molar-refractivity contribution in [1.82, 2.24) is 5.32 Å². The summed E-state index contributed by atoms with van der Waals surface area (Å²) in [4.78, 5) is 11.1. The van der Waals surface area contributed by atoms with Gasteiger partial charge in [-0.3, -0.25) is 0 Å². The monoisotopic (exact) mass is 345 g/mol. The number of carbonyl (C=O) groups excluding carboxylic acids is 1. The number of hydrogen-bond acceptors (Lipinski definition) is 7. The molecule has 1 rings (SSSR count). The van der Waals surface area contributed by atoms with Crippen LogP contribution in [0.15, 0.2) is 12.2 Å². The lowest BCUT2D eigenvalue weighted by molar-refractivity contribution is -0.140. The van der Waals surface area contributed by atoms with E-state index in [-0.39, 0.29) is 6.61 Å². The predicted octanol–water partition coefficient (Wildman–Crippen LogP) is 0.924. The van der Waals surface area contributed by atoms with Crippen LogP contribution >= 0.6 is 0 Å². The third kappa shape index (κ3) is 11.5. The summed E-state index contributed by atoms with van der Waals surface area (Å²) < 4.78 is 26.7. The molecule has 1 aliphatic heterocycles. The minimum atomic E-state index is -0.392. The fourth-order valence-corrected chi connectivity index (χ4v) is 2.09. The van der Waals surface area contributed by atoms with Gasteiger partial charge in [-0.1, -0.05) is 6.58 Å². The Labute approximate surface area is 144 Å². The first-order valence-electron chi connectivity index (χ1n) is 8.58. The van der Waals surface area contributed by atoms with Crippen LogP contribution in [-0.2, 0) is 28.5 Å². The molecule has 140 valence electrons. The Kier molecular flexibility index (Phi) is 12.6. The molecule has 0 aliphatic carbocycles. The zero-order chi connectivity index (χ0) is 17.5. The van der Waals surface area contributed by atoms with E-state index in [0.717, 1.165) is 25.9 Å². The second-order valence-electron chi connectivity index (χ2n) is 5.57. The molecule has 0 radical (unpaired) electrons. The second-order valence-corrected chi connectivity index (χ2v) is 5.57.